The van der Waals surface area contributed by atoms with E-state index in [1.807, 2.05) is 6.92 Å². The number of hydrogen-bond acceptors (Lipinski definition) is 6. The van der Waals surface area contributed by atoms with E-state index in [4.69, 9.17) is 15.9 Å². The number of amidine groups is 1. The first-order valence-electron chi connectivity index (χ1n) is 10.4. The number of nitrogens with two attached hydrogens (primary N) is 1. The molecule has 30 heavy (non-hydrogen) atoms. The minimum atomic E-state index is -3.20. The van der Waals surface area contributed by atoms with Gasteiger partial charge in [-0.15, -0.1) is 0 Å². The molecule has 0 aliphatic carbocycles. The predicted molar refractivity (Wildman–Crippen MR) is 116 cm³/mol. The van der Waals surface area contributed by atoms with E-state index in [0.717, 1.165) is 32.4 Å². The fourth-order valence-electron chi connectivity index (χ4n) is 3.82. The van der Waals surface area contributed by atoms with Crippen molar-refractivity contribution in [1.82, 2.24) is 9.62 Å². The highest BCUT2D eigenvalue weighted by Gasteiger charge is 2.34. The lowest BCUT2D eigenvalue weighted by molar-refractivity contribution is 0.0968. The summed E-state index contributed by atoms with van der Waals surface area (Å²) in [5.74, 6) is 0.171. The first-order valence-corrected chi connectivity index (χ1v) is 12.1. The van der Waals surface area contributed by atoms with Crippen LogP contribution in [0.5, 0.6) is 0 Å². The number of benzene rings is 1. The molecule has 2 saturated heterocycles. The Hall–Kier alpha value is -2.17. The van der Waals surface area contributed by atoms with Crippen LogP contribution in [0.25, 0.3) is 0 Å². The Labute approximate surface area is 178 Å². The van der Waals surface area contributed by atoms with Crippen molar-refractivity contribution < 1.29 is 17.9 Å². The number of cyclic esters (lactones) is 1. The average molecular weight is 438 g/mol. The van der Waals surface area contributed by atoms with Crippen molar-refractivity contribution in [2.45, 2.75) is 44.8 Å². The van der Waals surface area contributed by atoms with Crippen molar-refractivity contribution >= 4 is 27.6 Å². The Morgan fingerprint density at radius 3 is 2.53 bits per heavy atom. The monoisotopic (exact) mass is 437 g/mol. The van der Waals surface area contributed by atoms with Crippen LogP contribution in [-0.2, 0) is 14.8 Å². The molecule has 0 spiro atoms. The number of unbranched alkanes of at least 4 members (excludes halogenated alkanes) is 1. The maximum Gasteiger partial charge on any atom is 0.414 e. The number of ether oxygens (including phenoxy) is 1. The van der Waals surface area contributed by atoms with E-state index >= 15 is 0 Å². The van der Waals surface area contributed by atoms with Gasteiger partial charge in [0.15, 0.2) is 0 Å². The van der Waals surface area contributed by atoms with E-state index in [0.29, 0.717) is 30.8 Å². The van der Waals surface area contributed by atoms with E-state index in [9.17, 15) is 13.2 Å². The van der Waals surface area contributed by atoms with Crippen molar-refractivity contribution in [3.63, 3.8) is 0 Å². The Kier molecular flexibility index (Phi) is 7.32. The van der Waals surface area contributed by atoms with Crippen LogP contribution in [0.3, 0.4) is 0 Å². The summed E-state index contributed by atoms with van der Waals surface area (Å²) in [5.41, 5.74) is 6.79. The van der Waals surface area contributed by atoms with Crippen molar-refractivity contribution in [1.29, 1.82) is 5.41 Å². The van der Waals surface area contributed by atoms with Crippen LogP contribution in [0.15, 0.2) is 24.3 Å². The van der Waals surface area contributed by atoms with E-state index < -0.39 is 10.0 Å². The number of carbonyl (C=O) groups excluding carboxylic acids is 1. The molecule has 4 N–H and O–H groups in total. The molecule has 0 saturated carbocycles. The molecule has 1 amide bonds. The lowest BCUT2D eigenvalue weighted by Gasteiger charge is -2.33. The van der Waals surface area contributed by atoms with Crippen LogP contribution in [0.2, 0.25) is 0 Å². The number of nitrogens with one attached hydrogen (secondary N) is 2. The standard InChI is InChI=1S/C20H31N5O4S/c1-2-3-12-30(27,28)23-16-8-10-24(11-9-16)13-18-14-25(20(26)29-18)17-6-4-15(5-7-17)19(21)22/h4-7,16,18,23H,2-3,8-14H2,1H3,(H3,21,22). The molecule has 9 nitrogen and oxygen atoms in total. The lowest BCUT2D eigenvalue weighted by Crippen LogP contribution is -2.47. The van der Waals surface area contributed by atoms with Crippen LogP contribution >= 0.6 is 0 Å². The average Bonchev–Trinajstić information content (AvgIpc) is 3.08. The summed E-state index contributed by atoms with van der Waals surface area (Å²) < 4.78 is 32.5. The normalized spacial score (nSPS) is 21.0. The number of carbonyl (C=O) groups is 1. The molecule has 2 aliphatic rings. The van der Waals surface area contributed by atoms with Crippen LogP contribution in [0, 0.1) is 5.41 Å². The van der Waals surface area contributed by atoms with Crippen LogP contribution in [0.4, 0.5) is 10.5 Å². The van der Waals surface area contributed by atoms with Gasteiger partial charge in [-0.25, -0.2) is 17.9 Å². The van der Waals surface area contributed by atoms with Crippen molar-refractivity contribution in [3.8, 4) is 0 Å². The highest BCUT2D eigenvalue weighted by atomic mass is 32.2. The van der Waals surface area contributed by atoms with Gasteiger partial charge < -0.3 is 10.5 Å². The molecule has 166 valence electrons. The van der Waals surface area contributed by atoms with Crippen LogP contribution < -0.4 is 15.4 Å². The third-order valence-electron chi connectivity index (χ3n) is 5.53. The number of piperidine rings is 1. The molecule has 1 aromatic rings. The number of sulfonamides is 1. The molecular weight excluding hydrogens is 406 g/mol. The summed E-state index contributed by atoms with van der Waals surface area (Å²) in [6.45, 7) is 4.60. The van der Waals surface area contributed by atoms with Gasteiger partial charge >= 0.3 is 6.09 Å². The Balaban J connectivity index is 1.47. The zero-order valence-corrected chi connectivity index (χ0v) is 18.2. The Bertz CT molecular complexity index is 850. The van der Waals surface area contributed by atoms with Crippen molar-refractivity contribution in [2.24, 2.45) is 5.73 Å². The fourth-order valence-corrected chi connectivity index (χ4v) is 5.35. The molecule has 0 radical (unpaired) electrons. The topological polar surface area (TPSA) is 129 Å². The second kappa shape index (κ2) is 9.76. The van der Waals surface area contributed by atoms with Gasteiger partial charge in [-0.2, -0.15) is 0 Å². The van der Waals surface area contributed by atoms with Gasteiger partial charge in [0, 0.05) is 23.8 Å². The molecule has 0 aromatic heterocycles. The Morgan fingerprint density at radius 2 is 1.93 bits per heavy atom. The number of hydrogen-bond donors (Lipinski definition) is 3. The summed E-state index contributed by atoms with van der Waals surface area (Å²) >= 11 is 0. The number of rotatable bonds is 9. The van der Waals surface area contributed by atoms with Gasteiger partial charge in [-0.05, 0) is 56.6 Å². The highest BCUT2D eigenvalue weighted by Crippen LogP contribution is 2.23. The summed E-state index contributed by atoms with van der Waals surface area (Å²) in [5, 5.41) is 7.45. The molecular formula is C20H31N5O4S. The van der Waals surface area contributed by atoms with Gasteiger partial charge in [0.1, 0.15) is 11.9 Å². The van der Waals surface area contributed by atoms with E-state index in [-0.39, 0.29) is 29.8 Å². The van der Waals surface area contributed by atoms with Gasteiger partial charge in [-0.3, -0.25) is 15.2 Å². The third-order valence-corrected chi connectivity index (χ3v) is 7.04. The molecule has 1 atom stereocenters. The largest absolute Gasteiger partial charge is 0.443 e. The Morgan fingerprint density at radius 1 is 1.27 bits per heavy atom. The second-order valence-electron chi connectivity index (χ2n) is 7.94. The minimum Gasteiger partial charge on any atom is -0.443 e. The fraction of sp³-hybridized carbons (Fsp3) is 0.600. The van der Waals surface area contributed by atoms with E-state index in [2.05, 4.69) is 9.62 Å². The van der Waals surface area contributed by atoms with Gasteiger partial charge in [0.05, 0.1) is 12.3 Å². The van der Waals surface area contributed by atoms with Crippen molar-refractivity contribution in [3.05, 3.63) is 29.8 Å². The van der Waals surface area contributed by atoms with Crippen LogP contribution in [-0.4, -0.2) is 69.3 Å². The zero-order chi connectivity index (χ0) is 21.7. The first kappa shape index (κ1) is 22.5. The number of likely N-dealkylation sites (tertiary alicyclic amines) is 1. The predicted octanol–water partition coefficient (Wildman–Crippen LogP) is 1.48. The smallest absolute Gasteiger partial charge is 0.414 e. The molecule has 2 heterocycles. The number of amides is 1. The first-order chi connectivity index (χ1) is 14.3. The molecule has 0 bridgehead atoms. The summed E-state index contributed by atoms with van der Waals surface area (Å²) in [4.78, 5) is 16.1. The lowest BCUT2D eigenvalue weighted by atomic mass is 10.1. The second-order valence-corrected chi connectivity index (χ2v) is 9.82. The minimum absolute atomic E-state index is 0.0144. The molecule has 3 rings (SSSR count). The maximum absolute atomic E-state index is 12.3. The SMILES string of the molecule is CCCCS(=O)(=O)NC1CCN(CC2CN(c3ccc(C(=N)N)cc3)C(=O)O2)CC1. The summed E-state index contributed by atoms with van der Waals surface area (Å²) in [7, 11) is -3.20. The quantitative estimate of drug-likeness (QED) is 0.396. The van der Waals surface area contributed by atoms with Crippen LogP contribution in [0.1, 0.15) is 38.2 Å². The number of nitrogen functional groups attached to an aromatic ring is 1. The summed E-state index contributed by atoms with van der Waals surface area (Å²) in [6, 6.07) is 6.92. The molecule has 1 aromatic carbocycles. The number of nitrogens with zero attached hydrogens (tertiary/aromatic N) is 2. The van der Waals surface area contributed by atoms with Gasteiger partial charge in [0.25, 0.3) is 0 Å². The van der Waals surface area contributed by atoms with E-state index in [1.165, 1.54) is 0 Å². The third kappa shape index (κ3) is 5.93. The molecule has 1 unspecified atom stereocenters. The van der Waals surface area contributed by atoms with Gasteiger partial charge in [0.2, 0.25) is 10.0 Å². The van der Waals surface area contributed by atoms with Crippen molar-refractivity contribution in [2.75, 3.05) is 36.8 Å². The molecule has 2 aliphatic heterocycles. The maximum atomic E-state index is 12.3. The van der Waals surface area contributed by atoms with E-state index in [1.54, 1.807) is 29.2 Å². The number of anilines is 1. The molecule has 10 heteroatoms. The highest BCUT2D eigenvalue weighted by molar-refractivity contribution is 7.89. The molecule has 2 fully saturated rings. The zero-order valence-electron chi connectivity index (χ0n) is 17.3. The van der Waals surface area contributed by atoms with Gasteiger partial charge in [-0.1, -0.05) is 13.3 Å². The summed E-state index contributed by atoms with van der Waals surface area (Å²) in [6.07, 6.45) is 2.42.